The maximum Gasteiger partial charge on any atom is 0.329 e. The fraction of sp³-hybridized carbons (Fsp3) is 0.231. The lowest BCUT2D eigenvalue weighted by Gasteiger charge is -2.20. The highest BCUT2D eigenvalue weighted by molar-refractivity contribution is 5.76. The van der Waals surface area contributed by atoms with Crippen molar-refractivity contribution in [2.24, 2.45) is 0 Å². The van der Waals surface area contributed by atoms with Crippen molar-refractivity contribution in [3.05, 3.63) is 54.4 Å². The molecule has 0 aliphatic carbocycles. The molecular formula is C13H14FN3O. The van der Waals surface area contributed by atoms with Crippen LogP contribution in [0.3, 0.4) is 0 Å². The van der Waals surface area contributed by atoms with E-state index in [1.54, 1.807) is 29.4 Å². The van der Waals surface area contributed by atoms with E-state index in [-0.39, 0.29) is 11.8 Å². The van der Waals surface area contributed by atoms with Gasteiger partial charge < -0.3 is 4.90 Å². The Morgan fingerprint density at radius 2 is 2.33 bits per heavy atom. The maximum atomic E-state index is 13.1. The van der Waals surface area contributed by atoms with Crippen LogP contribution in [0.4, 0.5) is 9.18 Å². The number of hydrogen-bond donors (Lipinski definition) is 0. The predicted octanol–water partition coefficient (Wildman–Crippen LogP) is 2.51. The standard InChI is InChI=1S/C13H14FN3O/c1-2-16(13(18)17-7-6-15-10-17)9-11-4-3-5-12(14)8-11/h3-8,10H,2,9H2,1H3. The Bertz CT molecular complexity index is 525. The van der Waals surface area contributed by atoms with Gasteiger partial charge in [0.25, 0.3) is 0 Å². The Kier molecular flexibility index (Phi) is 3.72. The van der Waals surface area contributed by atoms with Gasteiger partial charge in [-0.3, -0.25) is 4.57 Å². The molecule has 0 saturated carbocycles. The summed E-state index contributed by atoms with van der Waals surface area (Å²) < 4.78 is 14.5. The molecule has 0 atom stereocenters. The smallest absolute Gasteiger partial charge is 0.320 e. The highest BCUT2D eigenvalue weighted by Crippen LogP contribution is 2.08. The predicted molar refractivity (Wildman–Crippen MR) is 65.5 cm³/mol. The zero-order valence-corrected chi connectivity index (χ0v) is 10.1. The minimum atomic E-state index is -0.293. The fourth-order valence-corrected chi connectivity index (χ4v) is 1.71. The van der Waals surface area contributed by atoms with E-state index in [2.05, 4.69) is 4.98 Å². The van der Waals surface area contributed by atoms with Crippen molar-refractivity contribution in [2.45, 2.75) is 13.5 Å². The van der Waals surface area contributed by atoms with Crippen LogP contribution in [0.15, 0.2) is 43.0 Å². The molecule has 0 N–H and O–H groups in total. The van der Waals surface area contributed by atoms with Crippen LogP contribution in [-0.2, 0) is 6.54 Å². The first-order valence-corrected chi connectivity index (χ1v) is 5.72. The van der Waals surface area contributed by atoms with E-state index >= 15 is 0 Å². The summed E-state index contributed by atoms with van der Waals surface area (Å²) in [6, 6.07) is 6.09. The Morgan fingerprint density at radius 3 is 2.94 bits per heavy atom. The summed E-state index contributed by atoms with van der Waals surface area (Å²) in [5.74, 6) is -0.293. The third-order valence-electron chi connectivity index (χ3n) is 2.64. The van der Waals surface area contributed by atoms with Gasteiger partial charge in [-0.15, -0.1) is 0 Å². The number of amides is 1. The first-order valence-electron chi connectivity index (χ1n) is 5.72. The molecule has 18 heavy (non-hydrogen) atoms. The third kappa shape index (κ3) is 2.74. The highest BCUT2D eigenvalue weighted by Gasteiger charge is 2.13. The first kappa shape index (κ1) is 12.3. The van der Waals surface area contributed by atoms with E-state index in [4.69, 9.17) is 0 Å². The number of hydrogen-bond acceptors (Lipinski definition) is 2. The highest BCUT2D eigenvalue weighted by atomic mass is 19.1. The van der Waals surface area contributed by atoms with Crippen molar-refractivity contribution in [1.29, 1.82) is 0 Å². The van der Waals surface area contributed by atoms with Crippen LogP contribution in [-0.4, -0.2) is 27.0 Å². The summed E-state index contributed by atoms with van der Waals surface area (Å²) in [6.45, 7) is 2.81. The second kappa shape index (κ2) is 5.44. The normalized spacial score (nSPS) is 10.3. The van der Waals surface area contributed by atoms with Crippen LogP contribution in [0.5, 0.6) is 0 Å². The zero-order valence-electron chi connectivity index (χ0n) is 10.1. The molecule has 0 saturated heterocycles. The molecule has 94 valence electrons. The molecule has 2 rings (SSSR count). The average molecular weight is 247 g/mol. The molecule has 0 aliphatic rings. The van der Waals surface area contributed by atoms with Gasteiger partial charge in [0.15, 0.2) is 0 Å². The van der Waals surface area contributed by atoms with Crippen LogP contribution in [0, 0.1) is 5.82 Å². The number of carbonyl (C=O) groups is 1. The van der Waals surface area contributed by atoms with Crippen molar-refractivity contribution in [3.8, 4) is 0 Å². The number of carbonyl (C=O) groups excluding carboxylic acids is 1. The SMILES string of the molecule is CCN(Cc1cccc(F)c1)C(=O)n1ccnc1. The number of imidazole rings is 1. The van der Waals surface area contributed by atoms with Gasteiger partial charge in [-0.05, 0) is 24.6 Å². The molecule has 1 heterocycles. The van der Waals surface area contributed by atoms with Crippen molar-refractivity contribution >= 4 is 6.03 Å². The minimum absolute atomic E-state index is 0.167. The molecule has 0 radical (unpaired) electrons. The van der Waals surface area contributed by atoms with E-state index in [1.165, 1.54) is 23.0 Å². The van der Waals surface area contributed by atoms with Crippen LogP contribution in [0.1, 0.15) is 12.5 Å². The molecule has 0 fully saturated rings. The third-order valence-corrected chi connectivity index (χ3v) is 2.64. The van der Waals surface area contributed by atoms with Crippen molar-refractivity contribution in [2.75, 3.05) is 6.54 Å². The van der Waals surface area contributed by atoms with Gasteiger partial charge in [0.1, 0.15) is 12.1 Å². The zero-order chi connectivity index (χ0) is 13.0. The number of aromatic nitrogens is 2. The Balaban J connectivity index is 2.12. The van der Waals surface area contributed by atoms with Gasteiger partial charge in [0.2, 0.25) is 0 Å². The van der Waals surface area contributed by atoms with Crippen LogP contribution in [0.25, 0.3) is 0 Å². The quantitative estimate of drug-likeness (QED) is 0.835. The number of nitrogens with zero attached hydrogens (tertiary/aromatic N) is 3. The lowest BCUT2D eigenvalue weighted by molar-refractivity contribution is 0.199. The van der Waals surface area contributed by atoms with Crippen LogP contribution < -0.4 is 0 Å². The molecule has 0 spiro atoms. The van der Waals surface area contributed by atoms with Crippen LogP contribution in [0.2, 0.25) is 0 Å². The van der Waals surface area contributed by atoms with E-state index in [9.17, 15) is 9.18 Å². The van der Waals surface area contributed by atoms with Crippen molar-refractivity contribution in [1.82, 2.24) is 14.5 Å². The molecular weight excluding hydrogens is 233 g/mol. The minimum Gasteiger partial charge on any atom is -0.320 e. The topological polar surface area (TPSA) is 38.1 Å². The summed E-state index contributed by atoms with van der Waals surface area (Å²) >= 11 is 0. The van der Waals surface area contributed by atoms with Gasteiger partial charge in [0, 0.05) is 25.5 Å². The summed E-state index contributed by atoms with van der Waals surface area (Å²) in [6.07, 6.45) is 4.60. The molecule has 2 aromatic rings. The molecule has 1 aromatic heterocycles. The Morgan fingerprint density at radius 1 is 1.50 bits per heavy atom. The Hall–Kier alpha value is -2.17. The van der Waals surface area contributed by atoms with E-state index in [1.807, 2.05) is 6.92 Å². The summed E-state index contributed by atoms with van der Waals surface area (Å²) in [5, 5.41) is 0. The van der Waals surface area contributed by atoms with Crippen LogP contribution >= 0.6 is 0 Å². The second-order valence-corrected chi connectivity index (χ2v) is 3.90. The molecule has 5 heteroatoms. The Labute approximate surface area is 105 Å². The molecule has 0 aliphatic heterocycles. The van der Waals surface area contributed by atoms with Gasteiger partial charge in [-0.25, -0.2) is 14.2 Å². The first-order chi connectivity index (χ1) is 8.70. The van der Waals surface area contributed by atoms with Crippen molar-refractivity contribution in [3.63, 3.8) is 0 Å². The monoisotopic (exact) mass is 247 g/mol. The second-order valence-electron chi connectivity index (χ2n) is 3.90. The summed E-state index contributed by atoms with van der Waals surface area (Å²) in [7, 11) is 0. The van der Waals surface area contributed by atoms with Gasteiger partial charge in [0.05, 0.1) is 0 Å². The van der Waals surface area contributed by atoms with Gasteiger partial charge in [-0.1, -0.05) is 12.1 Å². The number of rotatable bonds is 3. The lowest BCUT2D eigenvalue weighted by Crippen LogP contribution is -2.33. The molecule has 0 bridgehead atoms. The largest absolute Gasteiger partial charge is 0.329 e. The maximum absolute atomic E-state index is 13.1. The van der Waals surface area contributed by atoms with Crippen molar-refractivity contribution < 1.29 is 9.18 Å². The van der Waals surface area contributed by atoms with E-state index < -0.39 is 0 Å². The van der Waals surface area contributed by atoms with E-state index in [0.29, 0.717) is 13.1 Å². The number of halogens is 1. The lowest BCUT2D eigenvalue weighted by atomic mass is 10.2. The van der Waals surface area contributed by atoms with Gasteiger partial charge >= 0.3 is 6.03 Å². The average Bonchev–Trinajstić information content (AvgIpc) is 2.89. The fourth-order valence-electron chi connectivity index (χ4n) is 1.71. The molecule has 0 unspecified atom stereocenters. The summed E-state index contributed by atoms with van der Waals surface area (Å²) in [4.78, 5) is 17.5. The molecule has 1 aromatic carbocycles. The number of benzene rings is 1. The van der Waals surface area contributed by atoms with Gasteiger partial charge in [-0.2, -0.15) is 0 Å². The molecule has 1 amide bonds. The summed E-state index contributed by atoms with van der Waals surface area (Å²) in [5.41, 5.74) is 0.769. The van der Waals surface area contributed by atoms with E-state index in [0.717, 1.165) is 5.56 Å². The molecule has 4 nitrogen and oxygen atoms in total.